The molecule has 0 aliphatic rings. The number of alkyl halides is 9. The van der Waals surface area contributed by atoms with Crippen molar-refractivity contribution in [2.24, 2.45) is 0 Å². The first-order valence-corrected chi connectivity index (χ1v) is 7.95. The van der Waals surface area contributed by atoms with Crippen LogP contribution in [-0.2, 0) is 4.74 Å². The molecule has 0 bridgehead atoms. The summed E-state index contributed by atoms with van der Waals surface area (Å²) in [7, 11) is 0.872. The molecule has 0 N–H and O–H groups in total. The highest BCUT2D eigenvalue weighted by molar-refractivity contribution is 5.28. The molecule has 0 aliphatic carbocycles. The van der Waals surface area contributed by atoms with Gasteiger partial charge in [-0.1, -0.05) is 38.1 Å². The summed E-state index contributed by atoms with van der Waals surface area (Å²) >= 11 is 0. The lowest BCUT2D eigenvalue weighted by molar-refractivity contribution is -0.398. The molecule has 0 aromatic heterocycles. The number of halogens is 9. The minimum Gasteiger partial charge on any atom is -0.377 e. The van der Waals surface area contributed by atoms with E-state index >= 15 is 0 Å². The van der Waals surface area contributed by atoms with Gasteiger partial charge in [0.05, 0.1) is 6.10 Å². The van der Waals surface area contributed by atoms with Crippen molar-refractivity contribution < 1.29 is 44.3 Å². The monoisotopic (exact) mass is 410 g/mol. The summed E-state index contributed by atoms with van der Waals surface area (Å²) in [5.74, 6) is -19.2. The van der Waals surface area contributed by atoms with Crippen LogP contribution in [-0.4, -0.2) is 31.1 Å². The Morgan fingerprint density at radius 2 is 1.41 bits per heavy atom. The summed E-state index contributed by atoms with van der Waals surface area (Å²) in [5.41, 5.74) is 0.633. The van der Waals surface area contributed by atoms with E-state index in [2.05, 4.69) is 0 Å². The van der Waals surface area contributed by atoms with E-state index in [1.54, 1.807) is 6.07 Å². The van der Waals surface area contributed by atoms with E-state index in [0.29, 0.717) is 12.0 Å². The molecule has 10 heteroatoms. The third kappa shape index (κ3) is 4.52. The number of rotatable bonds is 8. The quantitative estimate of drug-likeness (QED) is 0.431. The van der Waals surface area contributed by atoms with Gasteiger partial charge in [-0.2, -0.15) is 39.5 Å². The molecule has 2 atom stereocenters. The zero-order valence-electron chi connectivity index (χ0n) is 14.7. The van der Waals surface area contributed by atoms with Gasteiger partial charge in [-0.05, 0) is 23.5 Å². The molecule has 0 heterocycles. The number of methoxy groups -OCH3 is 1. The van der Waals surface area contributed by atoms with Gasteiger partial charge in [0.15, 0.2) is 0 Å². The van der Waals surface area contributed by atoms with E-state index in [1.165, 1.54) is 18.2 Å². The van der Waals surface area contributed by atoms with Crippen LogP contribution in [0.4, 0.5) is 39.5 Å². The summed E-state index contributed by atoms with van der Waals surface area (Å²) in [4.78, 5) is 0. The number of ether oxygens (including phenoxy) is 1. The Balaban J connectivity index is 3.22. The second kappa shape index (κ2) is 7.89. The Kier molecular flexibility index (Phi) is 6.89. The third-order valence-electron chi connectivity index (χ3n) is 4.40. The molecule has 1 nitrogen and oxygen atoms in total. The first-order valence-electron chi connectivity index (χ1n) is 7.95. The SMILES string of the molecule is CCC(C)c1cccc(C(CC(F)(F)C(F)(F)C(F)(F)C(F)(F)F)OC)c1. The first kappa shape index (κ1) is 23.6. The normalized spacial score (nSPS) is 16.3. The Morgan fingerprint density at radius 3 is 1.85 bits per heavy atom. The van der Waals surface area contributed by atoms with E-state index in [4.69, 9.17) is 4.74 Å². The number of benzene rings is 1. The molecule has 1 aromatic rings. The predicted molar refractivity (Wildman–Crippen MR) is 80.4 cm³/mol. The van der Waals surface area contributed by atoms with Crippen LogP contribution in [0.5, 0.6) is 0 Å². The molecule has 0 spiro atoms. The fourth-order valence-electron chi connectivity index (χ4n) is 2.41. The second-order valence-electron chi connectivity index (χ2n) is 6.26. The standard InChI is InChI=1S/C17H19F9O/c1-4-10(2)11-6-5-7-12(8-11)13(27-3)9-14(18,19)15(20,21)16(22,23)17(24,25)26/h5-8,10,13H,4,9H2,1-3H3. The van der Waals surface area contributed by atoms with Crippen LogP contribution in [0.3, 0.4) is 0 Å². The molecular formula is C17H19F9O. The van der Waals surface area contributed by atoms with Gasteiger partial charge in [-0.3, -0.25) is 0 Å². The van der Waals surface area contributed by atoms with E-state index < -0.39 is 36.5 Å². The van der Waals surface area contributed by atoms with Crippen molar-refractivity contribution in [2.45, 2.75) is 62.7 Å². The minimum atomic E-state index is -6.90. The van der Waals surface area contributed by atoms with Crippen molar-refractivity contribution in [1.82, 2.24) is 0 Å². The van der Waals surface area contributed by atoms with Gasteiger partial charge in [0, 0.05) is 13.5 Å². The van der Waals surface area contributed by atoms with Crippen molar-refractivity contribution >= 4 is 0 Å². The average Bonchev–Trinajstić information content (AvgIpc) is 2.57. The van der Waals surface area contributed by atoms with Crippen molar-refractivity contribution in [1.29, 1.82) is 0 Å². The molecular weight excluding hydrogens is 391 g/mol. The van der Waals surface area contributed by atoms with Crippen LogP contribution in [0.15, 0.2) is 24.3 Å². The molecule has 156 valence electrons. The molecule has 27 heavy (non-hydrogen) atoms. The molecule has 2 unspecified atom stereocenters. The van der Waals surface area contributed by atoms with Crippen LogP contribution in [0.25, 0.3) is 0 Å². The zero-order valence-corrected chi connectivity index (χ0v) is 14.7. The molecule has 0 saturated heterocycles. The van der Waals surface area contributed by atoms with Crippen LogP contribution in [0.1, 0.15) is 49.8 Å². The number of hydrogen-bond acceptors (Lipinski definition) is 1. The molecule has 0 radical (unpaired) electrons. The van der Waals surface area contributed by atoms with Crippen molar-refractivity contribution in [3.05, 3.63) is 35.4 Å². The largest absolute Gasteiger partial charge is 0.460 e. The van der Waals surface area contributed by atoms with E-state index in [1.807, 2.05) is 13.8 Å². The molecule has 0 fully saturated rings. The maximum absolute atomic E-state index is 13.9. The fourth-order valence-corrected chi connectivity index (χ4v) is 2.41. The van der Waals surface area contributed by atoms with Crippen LogP contribution >= 0.6 is 0 Å². The lowest BCUT2D eigenvalue weighted by Crippen LogP contribution is -2.61. The van der Waals surface area contributed by atoms with E-state index in [-0.39, 0.29) is 11.5 Å². The maximum Gasteiger partial charge on any atom is 0.460 e. The Morgan fingerprint density at radius 1 is 0.889 bits per heavy atom. The molecule has 1 aromatic carbocycles. The lowest BCUT2D eigenvalue weighted by Gasteiger charge is -2.35. The molecule has 0 saturated carbocycles. The molecule has 0 aliphatic heterocycles. The van der Waals surface area contributed by atoms with Gasteiger partial charge in [0.25, 0.3) is 0 Å². The van der Waals surface area contributed by atoms with Gasteiger partial charge in [-0.15, -0.1) is 0 Å². The average molecular weight is 410 g/mol. The maximum atomic E-state index is 13.9. The van der Waals surface area contributed by atoms with Crippen LogP contribution in [0, 0.1) is 0 Å². The van der Waals surface area contributed by atoms with E-state index in [9.17, 15) is 39.5 Å². The highest BCUT2D eigenvalue weighted by Gasteiger charge is 2.81. The van der Waals surface area contributed by atoms with E-state index in [0.717, 1.165) is 7.11 Å². The highest BCUT2D eigenvalue weighted by Crippen LogP contribution is 2.55. The van der Waals surface area contributed by atoms with Crippen molar-refractivity contribution in [3.63, 3.8) is 0 Å². The van der Waals surface area contributed by atoms with Crippen LogP contribution < -0.4 is 0 Å². The van der Waals surface area contributed by atoms with Gasteiger partial charge in [-0.25, -0.2) is 0 Å². The third-order valence-corrected chi connectivity index (χ3v) is 4.40. The lowest BCUT2D eigenvalue weighted by atomic mass is 9.92. The minimum absolute atomic E-state index is 0.0148. The van der Waals surface area contributed by atoms with Crippen molar-refractivity contribution in [2.75, 3.05) is 7.11 Å². The molecule has 0 amide bonds. The van der Waals surface area contributed by atoms with Gasteiger partial charge < -0.3 is 4.74 Å². The topological polar surface area (TPSA) is 9.23 Å². The predicted octanol–water partition coefficient (Wildman–Crippen LogP) is 6.75. The summed E-state index contributed by atoms with van der Waals surface area (Å²) in [6.07, 6.45) is -10.0. The van der Waals surface area contributed by atoms with Crippen LogP contribution in [0.2, 0.25) is 0 Å². The number of hydrogen-bond donors (Lipinski definition) is 0. The second-order valence-corrected chi connectivity index (χ2v) is 6.26. The smallest absolute Gasteiger partial charge is 0.377 e. The Bertz CT molecular complexity index is 625. The molecule has 1 rings (SSSR count). The fraction of sp³-hybridized carbons (Fsp3) is 0.647. The highest BCUT2D eigenvalue weighted by atomic mass is 19.4. The zero-order chi connectivity index (χ0) is 21.3. The van der Waals surface area contributed by atoms with Gasteiger partial charge >= 0.3 is 23.9 Å². The van der Waals surface area contributed by atoms with Crippen molar-refractivity contribution in [3.8, 4) is 0 Å². The summed E-state index contributed by atoms with van der Waals surface area (Å²) in [6, 6.07) is 5.70. The Labute approximate surface area is 150 Å². The Hall–Kier alpha value is -1.45. The van der Waals surface area contributed by atoms with Gasteiger partial charge in [0.2, 0.25) is 0 Å². The summed E-state index contributed by atoms with van der Waals surface area (Å²) in [6.45, 7) is 3.66. The summed E-state index contributed by atoms with van der Waals surface area (Å²) in [5, 5.41) is 0. The summed E-state index contributed by atoms with van der Waals surface area (Å²) < 4.78 is 122. The first-order chi connectivity index (χ1) is 12.1. The van der Waals surface area contributed by atoms with Gasteiger partial charge in [0.1, 0.15) is 0 Å².